The molecule has 0 rings (SSSR count). The Labute approximate surface area is 277 Å². The van der Waals surface area contributed by atoms with Crippen molar-refractivity contribution in [3.63, 3.8) is 0 Å². The number of carbonyl (C=O) groups is 1. The number of carbonyl (C=O) groups excluding carboxylic acids is 1. The molecule has 0 aliphatic carbocycles. The fourth-order valence-electron chi connectivity index (χ4n) is 5.31. The van der Waals surface area contributed by atoms with Gasteiger partial charge in [-0.05, 0) is 44.9 Å². The first-order chi connectivity index (χ1) is 21.7. The van der Waals surface area contributed by atoms with E-state index in [0.29, 0.717) is 12.8 Å². The van der Waals surface area contributed by atoms with Crippen molar-refractivity contribution in [2.24, 2.45) is 0 Å². The topological polar surface area (TPSA) is 124 Å². The second kappa shape index (κ2) is 31.1. The highest BCUT2D eigenvalue weighted by Crippen LogP contribution is 2.14. The summed E-state index contributed by atoms with van der Waals surface area (Å²) in [4.78, 5) is 12.5. The van der Waals surface area contributed by atoms with Gasteiger partial charge in [-0.25, -0.2) is 0 Å². The Balaban J connectivity index is 4.21. The zero-order chi connectivity index (χ0) is 33.4. The third-order valence-corrected chi connectivity index (χ3v) is 8.94. The highest BCUT2D eigenvalue weighted by molar-refractivity contribution is 7.85. The van der Waals surface area contributed by atoms with Crippen LogP contribution in [0, 0.1) is 0 Å². The van der Waals surface area contributed by atoms with Crippen molar-refractivity contribution < 1.29 is 28.0 Å². The maximum absolute atomic E-state index is 12.5. The standard InChI is InChI=1S/C37H69NO6S/c1-3-5-7-9-11-13-15-17-18-20-21-23-25-27-29-31-35(39)34(33-45(42,43)44)38-37(41)36(40)32-30-28-26-24-22-19-16-14-12-10-8-6-4-2/h15,17,21,23,29,31,34-36,39-40H,3-14,16,18-20,22,24-28,30,32-33H2,1-2H3,(H,38,41)(H,42,43,44)/b17-15+,23-21+,31-29+. The number of aliphatic hydroxyl groups excluding tert-OH is 2. The zero-order valence-electron chi connectivity index (χ0n) is 28.8. The molecule has 0 radical (unpaired) electrons. The van der Waals surface area contributed by atoms with Gasteiger partial charge < -0.3 is 15.5 Å². The molecule has 0 saturated heterocycles. The molecular weight excluding hydrogens is 586 g/mol. The van der Waals surface area contributed by atoms with Crippen LogP contribution in [0.2, 0.25) is 0 Å². The van der Waals surface area contributed by atoms with Crippen LogP contribution in [0.5, 0.6) is 0 Å². The van der Waals surface area contributed by atoms with Gasteiger partial charge in [0.15, 0.2) is 0 Å². The molecule has 3 unspecified atom stereocenters. The lowest BCUT2D eigenvalue weighted by molar-refractivity contribution is -0.130. The molecule has 3 atom stereocenters. The van der Waals surface area contributed by atoms with Gasteiger partial charge in [-0.2, -0.15) is 8.42 Å². The number of nitrogens with one attached hydrogen (secondary N) is 1. The number of aliphatic hydroxyl groups is 2. The normalized spacial score (nSPS) is 14.5. The predicted molar refractivity (Wildman–Crippen MR) is 190 cm³/mol. The van der Waals surface area contributed by atoms with Gasteiger partial charge in [-0.1, -0.05) is 159 Å². The minimum Gasteiger partial charge on any atom is -0.387 e. The first-order valence-corrected chi connectivity index (χ1v) is 19.9. The molecule has 7 nitrogen and oxygen atoms in total. The second-order valence-corrected chi connectivity index (χ2v) is 14.1. The van der Waals surface area contributed by atoms with E-state index in [9.17, 15) is 28.0 Å². The van der Waals surface area contributed by atoms with E-state index in [1.54, 1.807) is 6.08 Å². The number of rotatable bonds is 32. The van der Waals surface area contributed by atoms with Crippen molar-refractivity contribution in [1.29, 1.82) is 0 Å². The van der Waals surface area contributed by atoms with Crippen LogP contribution in [0.1, 0.15) is 168 Å². The van der Waals surface area contributed by atoms with Crippen molar-refractivity contribution in [3.05, 3.63) is 36.5 Å². The Hall–Kier alpha value is -1.48. The van der Waals surface area contributed by atoms with Crippen molar-refractivity contribution >= 4 is 16.0 Å². The Kier molecular flexibility index (Phi) is 30.1. The van der Waals surface area contributed by atoms with Crippen LogP contribution in [0.15, 0.2) is 36.5 Å². The molecule has 0 heterocycles. The lowest BCUT2D eigenvalue weighted by atomic mass is 10.0. The van der Waals surface area contributed by atoms with E-state index in [-0.39, 0.29) is 6.42 Å². The third-order valence-electron chi connectivity index (χ3n) is 8.15. The Bertz CT molecular complexity index is 870. The maximum Gasteiger partial charge on any atom is 0.267 e. The van der Waals surface area contributed by atoms with E-state index in [0.717, 1.165) is 44.9 Å². The van der Waals surface area contributed by atoms with Crippen molar-refractivity contribution in [1.82, 2.24) is 5.32 Å². The quantitative estimate of drug-likeness (QED) is 0.0326. The van der Waals surface area contributed by atoms with E-state index < -0.39 is 40.0 Å². The van der Waals surface area contributed by atoms with E-state index in [1.807, 2.05) is 0 Å². The first-order valence-electron chi connectivity index (χ1n) is 18.3. The molecular formula is C37H69NO6S. The molecule has 0 bridgehead atoms. The molecule has 0 aromatic rings. The molecule has 0 spiro atoms. The van der Waals surface area contributed by atoms with Gasteiger partial charge in [0, 0.05) is 0 Å². The molecule has 4 N–H and O–H groups in total. The number of hydrogen-bond acceptors (Lipinski definition) is 5. The van der Waals surface area contributed by atoms with Gasteiger partial charge in [0.1, 0.15) is 6.10 Å². The van der Waals surface area contributed by atoms with Crippen LogP contribution in [-0.2, 0) is 14.9 Å². The summed E-state index contributed by atoms with van der Waals surface area (Å²) in [6, 6.07) is -1.25. The summed E-state index contributed by atoms with van der Waals surface area (Å²) in [6.45, 7) is 4.47. The van der Waals surface area contributed by atoms with Crippen LogP contribution in [0.4, 0.5) is 0 Å². The van der Waals surface area contributed by atoms with E-state index in [2.05, 4.69) is 43.5 Å². The molecule has 0 aliphatic rings. The molecule has 0 aromatic carbocycles. The predicted octanol–water partition coefficient (Wildman–Crippen LogP) is 9.15. The summed E-state index contributed by atoms with van der Waals surface area (Å²) in [7, 11) is -4.45. The van der Waals surface area contributed by atoms with Gasteiger partial charge in [-0.15, -0.1) is 0 Å². The Morgan fingerprint density at radius 2 is 1.00 bits per heavy atom. The van der Waals surface area contributed by atoms with Crippen molar-refractivity contribution in [2.45, 2.75) is 186 Å². The van der Waals surface area contributed by atoms with E-state index >= 15 is 0 Å². The maximum atomic E-state index is 12.5. The number of allylic oxidation sites excluding steroid dienone is 5. The number of hydrogen-bond donors (Lipinski definition) is 4. The molecule has 0 fully saturated rings. The SMILES string of the molecule is CCCCCCC/C=C/CC/C=C/CC/C=C/C(O)C(CS(=O)(=O)O)NC(=O)C(O)CCCCCCCCCCCCCCC. The average Bonchev–Trinajstić information content (AvgIpc) is 3.00. The summed E-state index contributed by atoms with van der Waals surface area (Å²) in [5.41, 5.74) is 0. The van der Waals surface area contributed by atoms with E-state index in [4.69, 9.17) is 0 Å². The Morgan fingerprint density at radius 1 is 0.600 bits per heavy atom. The highest BCUT2D eigenvalue weighted by Gasteiger charge is 2.27. The summed E-state index contributed by atoms with van der Waals surface area (Å²) < 4.78 is 32.4. The van der Waals surface area contributed by atoms with Gasteiger partial charge in [-0.3, -0.25) is 9.35 Å². The number of amides is 1. The molecule has 0 aliphatic heterocycles. The Morgan fingerprint density at radius 3 is 1.47 bits per heavy atom. The number of unbranched alkanes of at least 4 members (excludes halogenated alkanes) is 19. The van der Waals surface area contributed by atoms with E-state index in [1.165, 1.54) is 96.0 Å². The van der Waals surface area contributed by atoms with Gasteiger partial charge in [0.05, 0.1) is 17.9 Å². The van der Waals surface area contributed by atoms with Gasteiger partial charge in [0.2, 0.25) is 5.91 Å². The molecule has 45 heavy (non-hydrogen) atoms. The molecule has 1 amide bonds. The lowest BCUT2D eigenvalue weighted by Crippen LogP contribution is -2.50. The van der Waals surface area contributed by atoms with Gasteiger partial charge >= 0.3 is 0 Å². The fraction of sp³-hybridized carbons (Fsp3) is 0.811. The average molecular weight is 656 g/mol. The summed E-state index contributed by atoms with van der Waals surface area (Å²) in [5.74, 6) is -1.56. The van der Waals surface area contributed by atoms with Crippen LogP contribution in [0.25, 0.3) is 0 Å². The monoisotopic (exact) mass is 655 g/mol. The molecule has 0 saturated carbocycles. The molecule has 264 valence electrons. The fourth-order valence-corrected chi connectivity index (χ4v) is 6.04. The van der Waals surface area contributed by atoms with Crippen LogP contribution >= 0.6 is 0 Å². The zero-order valence-corrected chi connectivity index (χ0v) is 29.7. The lowest BCUT2D eigenvalue weighted by Gasteiger charge is -2.22. The van der Waals surface area contributed by atoms with Crippen molar-refractivity contribution in [3.8, 4) is 0 Å². The third kappa shape index (κ3) is 30.9. The second-order valence-electron chi connectivity index (χ2n) is 12.6. The summed E-state index contributed by atoms with van der Waals surface area (Å²) in [5, 5.41) is 23.2. The summed E-state index contributed by atoms with van der Waals surface area (Å²) in [6.07, 6.45) is 36.3. The van der Waals surface area contributed by atoms with Crippen LogP contribution in [-0.4, -0.2) is 53.1 Å². The smallest absolute Gasteiger partial charge is 0.267 e. The minimum atomic E-state index is -4.45. The van der Waals surface area contributed by atoms with Crippen LogP contribution < -0.4 is 5.32 Å². The van der Waals surface area contributed by atoms with Crippen LogP contribution in [0.3, 0.4) is 0 Å². The largest absolute Gasteiger partial charge is 0.387 e. The molecule has 8 heteroatoms. The molecule has 0 aromatic heterocycles. The van der Waals surface area contributed by atoms with Crippen molar-refractivity contribution in [2.75, 3.05) is 5.75 Å². The first kappa shape index (κ1) is 43.5. The van der Waals surface area contributed by atoms with Gasteiger partial charge in [0.25, 0.3) is 10.1 Å². The minimum absolute atomic E-state index is 0.273. The summed E-state index contributed by atoms with van der Waals surface area (Å²) >= 11 is 0. The highest BCUT2D eigenvalue weighted by atomic mass is 32.2.